The van der Waals surface area contributed by atoms with Gasteiger partial charge in [0.2, 0.25) is 0 Å². The highest BCUT2D eigenvalue weighted by molar-refractivity contribution is 5.83. The molecule has 0 aliphatic rings. The maximum atomic E-state index is 8.87. The number of terminal acetylenes is 1. The molecular formula is C21H31NO. The molecule has 2 heteroatoms. The van der Waals surface area contributed by atoms with Crippen LogP contribution in [0.15, 0.2) is 42.5 Å². The zero-order valence-corrected chi connectivity index (χ0v) is 15.0. The van der Waals surface area contributed by atoms with Crippen LogP contribution in [0, 0.1) is 12.8 Å². The van der Waals surface area contributed by atoms with E-state index in [1.807, 2.05) is 0 Å². The van der Waals surface area contributed by atoms with E-state index in [1.165, 1.54) is 22.8 Å². The van der Waals surface area contributed by atoms with Crippen molar-refractivity contribution in [3.63, 3.8) is 0 Å². The van der Waals surface area contributed by atoms with E-state index in [9.17, 15) is 0 Å². The monoisotopic (exact) mass is 313 g/mol. The molecule has 126 valence electrons. The smallest absolute Gasteiger partial charge is 0.0556 e. The van der Waals surface area contributed by atoms with Crippen LogP contribution in [-0.2, 0) is 6.42 Å². The van der Waals surface area contributed by atoms with E-state index in [1.54, 1.807) is 0 Å². The van der Waals surface area contributed by atoms with Gasteiger partial charge in [-0.05, 0) is 36.6 Å². The first-order valence-electron chi connectivity index (χ1n) is 8.19. The molecule has 0 aliphatic heterocycles. The second-order valence-electron chi connectivity index (χ2n) is 6.10. The summed E-state index contributed by atoms with van der Waals surface area (Å²) in [4.78, 5) is 0. The zero-order chi connectivity index (χ0) is 17.7. The quantitative estimate of drug-likeness (QED) is 0.802. The van der Waals surface area contributed by atoms with Crippen molar-refractivity contribution in [1.29, 1.82) is 0 Å². The molecule has 0 bridgehead atoms. The van der Waals surface area contributed by atoms with E-state index in [4.69, 9.17) is 5.11 Å². The molecule has 0 saturated heterocycles. The third-order valence-electron chi connectivity index (χ3n) is 3.18. The van der Waals surface area contributed by atoms with E-state index in [0.29, 0.717) is 6.54 Å². The molecule has 23 heavy (non-hydrogen) atoms. The number of β-amino-alcohol motifs (C(OH)–C–C–N with tert-alkyl or cyclic N) is 1. The molecule has 0 heterocycles. The Kier molecular flexibility index (Phi) is 10.8. The molecule has 0 saturated carbocycles. The van der Waals surface area contributed by atoms with E-state index >= 15 is 0 Å². The Bertz CT molecular complexity index is 572. The van der Waals surface area contributed by atoms with Crippen LogP contribution in [0.5, 0.6) is 0 Å². The number of hydrogen-bond donors (Lipinski definition) is 2. The van der Waals surface area contributed by atoms with Gasteiger partial charge in [-0.2, -0.15) is 0 Å². The van der Waals surface area contributed by atoms with Crippen LogP contribution >= 0.6 is 0 Å². The average Bonchev–Trinajstić information content (AvgIpc) is 2.55. The first kappa shape index (κ1) is 21.2. The molecule has 2 rings (SSSR count). The maximum absolute atomic E-state index is 8.87. The van der Waals surface area contributed by atoms with Gasteiger partial charge in [0.15, 0.2) is 0 Å². The number of hydrogen-bond acceptors (Lipinski definition) is 2. The fourth-order valence-electron chi connectivity index (χ4n) is 2.32. The van der Waals surface area contributed by atoms with Gasteiger partial charge in [-0.3, -0.25) is 0 Å². The second-order valence-corrected chi connectivity index (χ2v) is 6.10. The Balaban J connectivity index is 0.000000868. The third kappa shape index (κ3) is 8.40. The van der Waals surface area contributed by atoms with E-state index in [0.717, 1.165) is 6.42 Å². The van der Waals surface area contributed by atoms with Crippen LogP contribution in [0.1, 0.15) is 39.7 Å². The van der Waals surface area contributed by atoms with Crippen molar-refractivity contribution in [1.82, 2.24) is 5.32 Å². The minimum Gasteiger partial charge on any atom is -0.395 e. The van der Waals surface area contributed by atoms with Crippen molar-refractivity contribution in [2.24, 2.45) is 0 Å². The van der Waals surface area contributed by atoms with E-state index in [2.05, 4.69) is 88.3 Å². The summed E-state index contributed by atoms with van der Waals surface area (Å²) < 4.78 is 0. The highest BCUT2D eigenvalue weighted by Crippen LogP contribution is 2.19. The molecule has 2 nitrogen and oxygen atoms in total. The third-order valence-corrected chi connectivity index (χ3v) is 3.18. The molecule has 0 radical (unpaired) electrons. The lowest BCUT2D eigenvalue weighted by molar-refractivity contribution is 0.265. The number of fused-ring (bicyclic) bond motifs is 1. The number of aliphatic hydroxyl groups is 1. The van der Waals surface area contributed by atoms with Gasteiger partial charge in [-0.15, -0.1) is 12.8 Å². The number of aliphatic hydroxyl groups excluding tert-OH is 1. The molecule has 2 aromatic rings. The number of benzene rings is 2. The Morgan fingerprint density at radius 3 is 2.13 bits per heavy atom. The summed E-state index contributed by atoms with van der Waals surface area (Å²) in [5, 5.41) is 14.8. The van der Waals surface area contributed by atoms with Gasteiger partial charge in [0.1, 0.15) is 0 Å². The van der Waals surface area contributed by atoms with Crippen molar-refractivity contribution in [3.05, 3.63) is 48.0 Å². The Morgan fingerprint density at radius 1 is 1.00 bits per heavy atom. The lowest BCUT2D eigenvalue weighted by Gasteiger charge is -2.26. The SMILES string of the molecule is C#C.CC(C)(Cc1ccc2ccccc2c1)NCCO.CCC. The normalized spacial score (nSPS) is 10.2. The summed E-state index contributed by atoms with van der Waals surface area (Å²) in [5.41, 5.74) is 1.33. The topological polar surface area (TPSA) is 32.3 Å². The Hall–Kier alpha value is -1.82. The van der Waals surface area contributed by atoms with Crippen molar-refractivity contribution in [2.45, 2.75) is 46.1 Å². The highest BCUT2D eigenvalue weighted by Gasteiger charge is 2.17. The van der Waals surface area contributed by atoms with Gasteiger partial charge in [-0.25, -0.2) is 0 Å². The summed E-state index contributed by atoms with van der Waals surface area (Å²) in [7, 11) is 0. The number of rotatable bonds is 5. The lowest BCUT2D eigenvalue weighted by atomic mass is 9.93. The van der Waals surface area contributed by atoms with Crippen LogP contribution in [-0.4, -0.2) is 23.8 Å². The minimum absolute atomic E-state index is 0.00515. The van der Waals surface area contributed by atoms with Crippen LogP contribution in [0.3, 0.4) is 0 Å². The molecule has 0 unspecified atom stereocenters. The van der Waals surface area contributed by atoms with Gasteiger partial charge >= 0.3 is 0 Å². The second kappa shape index (κ2) is 11.7. The van der Waals surface area contributed by atoms with Crippen molar-refractivity contribution < 1.29 is 5.11 Å². The highest BCUT2D eigenvalue weighted by atomic mass is 16.3. The fraction of sp³-hybridized carbons (Fsp3) is 0.429. The summed E-state index contributed by atoms with van der Waals surface area (Å²) in [6.45, 7) is 9.40. The molecule has 0 aromatic heterocycles. The van der Waals surface area contributed by atoms with Crippen LogP contribution < -0.4 is 5.32 Å². The molecule has 2 aromatic carbocycles. The van der Waals surface area contributed by atoms with E-state index in [-0.39, 0.29) is 12.1 Å². The van der Waals surface area contributed by atoms with Crippen molar-refractivity contribution in [3.8, 4) is 12.8 Å². The summed E-state index contributed by atoms with van der Waals surface area (Å²) in [6.07, 6.45) is 10.2. The molecule has 0 atom stereocenters. The number of nitrogens with one attached hydrogen (secondary N) is 1. The molecule has 0 amide bonds. The van der Waals surface area contributed by atoms with Gasteiger partial charge in [0, 0.05) is 12.1 Å². The molecule has 0 spiro atoms. The van der Waals surface area contributed by atoms with Crippen LogP contribution in [0.25, 0.3) is 10.8 Å². The predicted octanol–water partition coefficient (Wildman–Crippen LogP) is 4.41. The van der Waals surface area contributed by atoms with Gasteiger partial charge < -0.3 is 10.4 Å². The fourth-order valence-corrected chi connectivity index (χ4v) is 2.32. The Labute approximate surface area is 141 Å². The van der Waals surface area contributed by atoms with Crippen LogP contribution in [0.4, 0.5) is 0 Å². The summed E-state index contributed by atoms with van der Waals surface area (Å²) in [6, 6.07) is 15.0. The Morgan fingerprint density at radius 2 is 1.57 bits per heavy atom. The standard InChI is InChI=1S/C16H21NO.C3H8.C2H2/c1-16(2,17-9-10-18)12-13-7-8-14-5-3-4-6-15(14)11-13;1-3-2;1-2/h3-8,11,17-18H,9-10,12H2,1-2H3;3H2,1-2H3;1-2H. The van der Waals surface area contributed by atoms with Crippen molar-refractivity contribution >= 4 is 10.8 Å². The average molecular weight is 313 g/mol. The maximum Gasteiger partial charge on any atom is 0.0556 e. The first-order valence-corrected chi connectivity index (χ1v) is 8.19. The predicted molar refractivity (Wildman–Crippen MR) is 103 cm³/mol. The van der Waals surface area contributed by atoms with Gasteiger partial charge in [-0.1, -0.05) is 62.7 Å². The van der Waals surface area contributed by atoms with Gasteiger partial charge in [0.05, 0.1) is 6.61 Å². The zero-order valence-electron chi connectivity index (χ0n) is 15.0. The largest absolute Gasteiger partial charge is 0.395 e. The lowest BCUT2D eigenvalue weighted by Crippen LogP contribution is -2.42. The molecule has 2 N–H and O–H groups in total. The molecular weight excluding hydrogens is 282 g/mol. The summed E-state index contributed by atoms with van der Waals surface area (Å²) in [5.74, 6) is 0. The van der Waals surface area contributed by atoms with Crippen LogP contribution in [0.2, 0.25) is 0 Å². The van der Waals surface area contributed by atoms with Gasteiger partial charge in [0.25, 0.3) is 0 Å². The first-order chi connectivity index (χ1) is 11.0. The minimum atomic E-state index is 0.00515. The molecule has 0 aliphatic carbocycles. The van der Waals surface area contributed by atoms with Crippen molar-refractivity contribution in [2.75, 3.05) is 13.2 Å². The molecule has 0 fully saturated rings. The van der Waals surface area contributed by atoms with E-state index < -0.39 is 0 Å². The summed E-state index contributed by atoms with van der Waals surface area (Å²) >= 11 is 0.